The average molecular weight is 339 g/mol. The number of halogens is 1. The number of carbonyl (C=O) groups excluding carboxylic acids is 1. The summed E-state index contributed by atoms with van der Waals surface area (Å²) in [6, 6.07) is 8.34. The first-order valence-electron chi connectivity index (χ1n) is 8.24. The molecular formula is C18H27ClN2O2. The summed E-state index contributed by atoms with van der Waals surface area (Å²) in [4.78, 5) is 12.6. The highest BCUT2D eigenvalue weighted by molar-refractivity contribution is 5.85. The SMILES string of the molecule is C[C@H]1OCCN[C@@H]1C(=O)NC1CCC(C)(C)c2ccccc21.Cl. The molecule has 1 fully saturated rings. The van der Waals surface area contributed by atoms with Crippen molar-refractivity contribution in [2.24, 2.45) is 0 Å². The Labute approximate surface area is 144 Å². The fourth-order valence-corrected chi connectivity index (χ4v) is 3.65. The van der Waals surface area contributed by atoms with Crippen molar-refractivity contribution >= 4 is 18.3 Å². The lowest BCUT2D eigenvalue weighted by atomic mass is 9.71. The number of benzene rings is 1. The minimum atomic E-state index is -0.254. The first kappa shape index (κ1) is 18.2. The smallest absolute Gasteiger partial charge is 0.240 e. The van der Waals surface area contributed by atoms with Gasteiger partial charge in [0.2, 0.25) is 5.91 Å². The maximum atomic E-state index is 12.6. The van der Waals surface area contributed by atoms with Gasteiger partial charge < -0.3 is 15.4 Å². The average Bonchev–Trinajstić information content (AvgIpc) is 2.51. The second kappa shape index (κ2) is 7.20. The zero-order valence-corrected chi connectivity index (χ0v) is 14.9. The number of carbonyl (C=O) groups is 1. The monoisotopic (exact) mass is 338 g/mol. The molecule has 5 heteroatoms. The zero-order valence-electron chi connectivity index (χ0n) is 14.1. The molecule has 1 heterocycles. The topological polar surface area (TPSA) is 50.4 Å². The molecule has 1 aliphatic heterocycles. The molecule has 0 aromatic heterocycles. The molecule has 128 valence electrons. The van der Waals surface area contributed by atoms with Gasteiger partial charge in [0.25, 0.3) is 0 Å². The Morgan fingerprint density at radius 2 is 2.09 bits per heavy atom. The third kappa shape index (κ3) is 3.70. The number of amides is 1. The van der Waals surface area contributed by atoms with Crippen molar-refractivity contribution in [2.75, 3.05) is 13.2 Å². The molecule has 1 aliphatic carbocycles. The largest absolute Gasteiger partial charge is 0.375 e. The van der Waals surface area contributed by atoms with Crippen molar-refractivity contribution in [1.82, 2.24) is 10.6 Å². The Hall–Kier alpha value is -1.10. The van der Waals surface area contributed by atoms with Gasteiger partial charge in [0, 0.05) is 6.54 Å². The van der Waals surface area contributed by atoms with E-state index in [-0.39, 0.29) is 41.9 Å². The van der Waals surface area contributed by atoms with E-state index >= 15 is 0 Å². The lowest BCUT2D eigenvalue weighted by Crippen LogP contribution is -2.56. The molecule has 1 aromatic carbocycles. The molecule has 3 atom stereocenters. The summed E-state index contributed by atoms with van der Waals surface area (Å²) in [7, 11) is 0. The number of hydrogen-bond acceptors (Lipinski definition) is 3. The summed E-state index contributed by atoms with van der Waals surface area (Å²) >= 11 is 0. The molecule has 0 saturated carbocycles. The normalized spacial score (nSPS) is 29.1. The minimum Gasteiger partial charge on any atom is -0.375 e. The molecule has 1 aromatic rings. The van der Waals surface area contributed by atoms with Gasteiger partial charge in [-0.05, 0) is 36.3 Å². The Kier molecular flexibility index (Phi) is 5.71. The van der Waals surface area contributed by atoms with E-state index in [0.717, 1.165) is 19.4 Å². The summed E-state index contributed by atoms with van der Waals surface area (Å²) in [6.45, 7) is 7.92. The van der Waals surface area contributed by atoms with Crippen LogP contribution in [0.3, 0.4) is 0 Å². The van der Waals surface area contributed by atoms with Crippen molar-refractivity contribution < 1.29 is 9.53 Å². The third-order valence-corrected chi connectivity index (χ3v) is 5.04. The zero-order chi connectivity index (χ0) is 15.7. The molecule has 0 radical (unpaired) electrons. The van der Waals surface area contributed by atoms with Gasteiger partial charge >= 0.3 is 0 Å². The molecular weight excluding hydrogens is 312 g/mol. The Morgan fingerprint density at radius 1 is 1.35 bits per heavy atom. The maximum Gasteiger partial charge on any atom is 0.240 e. The van der Waals surface area contributed by atoms with Gasteiger partial charge in [0.15, 0.2) is 0 Å². The van der Waals surface area contributed by atoms with Crippen LogP contribution in [-0.2, 0) is 14.9 Å². The molecule has 23 heavy (non-hydrogen) atoms. The number of morpholine rings is 1. The summed E-state index contributed by atoms with van der Waals surface area (Å²) in [5.41, 5.74) is 2.79. The van der Waals surface area contributed by atoms with Crippen molar-refractivity contribution in [3.63, 3.8) is 0 Å². The standard InChI is InChI=1S/C18H26N2O2.ClH/c1-12-16(19-10-11-22-12)17(21)20-15-8-9-18(2,3)14-7-5-4-6-13(14)15;/h4-7,12,15-16,19H,8-11H2,1-3H3,(H,20,21);1H/t12-,15?,16+;/m1./s1. The van der Waals surface area contributed by atoms with Crippen molar-refractivity contribution in [1.29, 1.82) is 0 Å². The first-order valence-corrected chi connectivity index (χ1v) is 8.24. The predicted molar refractivity (Wildman–Crippen MR) is 94.0 cm³/mol. The van der Waals surface area contributed by atoms with Gasteiger partial charge in [-0.2, -0.15) is 0 Å². The van der Waals surface area contributed by atoms with E-state index in [1.165, 1.54) is 11.1 Å². The second-order valence-electron chi connectivity index (χ2n) is 7.08. The maximum absolute atomic E-state index is 12.6. The minimum absolute atomic E-state index is 0. The van der Waals surface area contributed by atoms with Crippen LogP contribution in [0, 0.1) is 0 Å². The molecule has 1 unspecified atom stereocenters. The van der Waals surface area contributed by atoms with Gasteiger partial charge in [-0.25, -0.2) is 0 Å². The third-order valence-electron chi connectivity index (χ3n) is 5.04. The van der Waals surface area contributed by atoms with Crippen molar-refractivity contribution in [2.45, 2.75) is 57.2 Å². The van der Waals surface area contributed by atoms with E-state index in [0.29, 0.717) is 6.61 Å². The van der Waals surface area contributed by atoms with Crippen molar-refractivity contribution in [3.8, 4) is 0 Å². The Balaban J connectivity index is 0.00000192. The highest BCUT2D eigenvalue weighted by Crippen LogP contribution is 2.41. The van der Waals surface area contributed by atoms with E-state index in [2.05, 4.69) is 48.7 Å². The number of rotatable bonds is 2. The number of fused-ring (bicyclic) bond motifs is 1. The number of ether oxygens (including phenoxy) is 1. The second-order valence-corrected chi connectivity index (χ2v) is 7.08. The molecule has 1 saturated heterocycles. The van der Waals surface area contributed by atoms with Gasteiger partial charge in [0.05, 0.1) is 18.8 Å². The molecule has 0 spiro atoms. The van der Waals surface area contributed by atoms with Gasteiger partial charge in [0.1, 0.15) is 6.04 Å². The molecule has 1 amide bonds. The van der Waals surface area contributed by atoms with Gasteiger partial charge in [-0.1, -0.05) is 38.1 Å². The van der Waals surface area contributed by atoms with Crippen LogP contribution in [0.25, 0.3) is 0 Å². The first-order chi connectivity index (χ1) is 10.5. The highest BCUT2D eigenvalue weighted by atomic mass is 35.5. The molecule has 3 rings (SSSR count). The predicted octanol–water partition coefficient (Wildman–Crippen LogP) is 2.71. The van der Waals surface area contributed by atoms with E-state index in [1.807, 2.05) is 6.92 Å². The van der Waals surface area contributed by atoms with Crippen LogP contribution < -0.4 is 10.6 Å². The van der Waals surface area contributed by atoms with E-state index in [1.54, 1.807) is 0 Å². The summed E-state index contributed by atoms with van der Waals surface area (Å²) in [5.74, 6) is 0.0479. The summed E-state index contributed by atoms with van der Waals surface area (Å²) in [6.07, 6.45) is 1.99. The van der Waals surface area contributed by atoms with E-state index in [4.69, 9.17) is 4.74 Å². The number of nitrogens with one attached hydrogen (secondary N) is 2. The van der Waals surface area contributed by atoms with Gasteiger partial charge in [-0.15, -0.1) is 12.4 Å². The van der Waals surface area contributed by atoms with Crippen molar-refractivity contribution in [3.05, 3.63) is 35.4 Å². The number of hydrogen-bond donors (Lipinski definition) is 2. The highest BCUT2D eigenvalue weighted by Gasteiger charge is 2.35. The lowest BCUT2D eigenvalue weighted by molar-refractivity contribution is -0.129. The van der Waals surface area contributed by atoms with Crippen LogP contribution in [0.2, 0.25) is 0 Å². The molecule has 0 bridgehead atoms. The Bertz CT molecular complexity index is 562. The van der Waals surface area contributed by atoms with E-state index < -0.39 is 0 Å². The Morgan fingerprint density at radius 3 is 2.83 bits per heavy atom. The molecule has 4 nitrogen and oxygen atoms in total. The molecule has 2 N–H and O–H groups in total. The van der Waals surface area contributed by atoms with Gasteiger partial charge in [-0.3, -0.25) is 4.79 Å². The quantitative estimate of drug-likeness (QED) is 0.871. The fourth-order valence-electron chi connectivity index (χ4n) is 3.65. The van der Waals surface area contributed by atoms with E-state index in [9.17, 15) is 4.79 Å². The molecule has 2 aliphatic rings. The van der Waals surface area contributed by atoms with Crippen LogP contribution in [0.15, 0.2) is 24.3 Å². The van der Waals surface area contributed by atoms with Crippen LogP contribution in [0.5, 0.6) is 0 Å². The summed E-state index contributed by atoms with van der Waals surface area (Å²) in [5, 5.41) is 6.49. The van der Waals surface area contributed by atoms with Crippen LogP contribution >= 0.6 is 12.4 Å². The van der Waals surface area contributed by atoms with Crippen LogP contribution in [0.1, 0.15) is 50.8 Å². The summed E-state index contributed by atoms with van der Waals surface area (Å²) < 4.78 is 5.58. The fraction of sp³-hybridized carbons (Fsp3) is 0.611. The van der Waals surface area contributed by atoms with Crippen LogP contribution in [0.4, 0.5) is 0 Å². The lowest BCUT2D eigenvalue weighted by Gasteiger charge is -2.38. The van der Waals surface area contributed by atoms with Crippen LogP contribution in [-0.4, -0.2) is 31.2 Å².